The molecule has 0 bridgehead atoms. The zero-order valence-corrected chi connectivity index (χ0v) is 23.4. The second kappa shape index (κ2) is 10.5. The summed E-state index contributed by atoms with van der Waals surface area (Å²) in [5, 5.41) is 15.9. The minimum Gasteiger partial charge on any atom is -0.396 e. The number of rotatable bonds is 7. The number of aliphatic hydroxyl groups excluding tert-OH is 1. The van der Waals surface area contributed by atoms with Crippen molar-refractivity contribution in [1.82, 2.24) is 5.32 Å². The number of piperidine rings is 1. The normalized spacial score (nSPS) is 29.1. The molecule has 0 saturated carbocycles. The van der Waals surface area contributed by atoms with Crippen LogP contribution in [0.25, 0.3) is 0 Å². The number of carbonyl (C=O) groups is 2. The number of hydrogen-bond acceptors (Lipinski definition) is 5. The largest absolute Gasteiger partial charge is 0.396 e. The Kier molecular flexibility index (Phi) is 7.47. The molecule has 3 aliphatic heterocycles. The van der Waals surface area contributed by atoms with E-state index in [2.05, 4.69) is 10.6 Å². The van der Waals surface area contributed by atoms with Crippen molar-refractivity contribution >= 4 is 31.6 Å². The van der Waals surface area contributed by atoms with Crippen LogP contribution in [-0.4, -0.2) is 51.1 Å². The molecule has 0 aliphatic carbocycles. The minimum absolute atomic E-state index is 0.0224. The van der Waals surface area contributed by atoms with Crippen LogP contribution >= 0.6 is 0 Å². The maximum atomic E-state index is 15.6. The Morgan fingerprint density at radius 3 is 2.63 bits per heavy atom. The molecular formula is C29H38FN3O4Si. The average molecular weight is 540 g/mol. The molecule has 0 radical (unpaired) electrons. The number of halogens is 1. The third-order valence-corrected chi connectivity index (χ3v) is 11.0. The number of para-hydroxylation sites is 1. The van der Waals surface area contributed by atoms with Gasteiger partial charge in [0.2, 0.25) is 14.3 Å². The van der Waals surface area contributed by atoms with Crippen LogP contribution in [0.3, 0.4) is 0 Å². The van der Waals surface area contributed by atoms with Crippen molar-refractivity contribution in [3.05, 3.63) is 59.7 Å². The number of aliphatic hydroxyl groups is 1. The first-order valence-electron chi connectivity index (χ1n) is 13.7. The molecule has 3 aliphatic rings. The van der Waals surface area contributed by atoms with E-state index in [1.54, 1.807) is 18.0 Å². The van der Waals surface area contributed by atoms with Gasteiger partial charge in [-0.25, -0.2) is 0 Å². The number of nitrogens with zero attached hydrogens (tertiary/aromatic N) is 1. The number of ether oxygens (including phenoxy) is 1. The number of benzene rings is 2. The fourth-order valence-corrected chi connectivity index (χ4v) is 9.29. The van der Waals surface area contributed by atoms with Crippen LogP contribution < -0.4 is 15.5 Å². The summed E-state index contributed by atoms with van der Waals surface area (Å²) in [6.45, 7) is 7.12. The van der Waals surface area contributed by atoms with Crippen LogP contribution in [0.5, 0.6) is 0 Å². The summed E-state index contributed by atoms with van der Waals surface area (Å²) in [5.74, 6) is -0.551. The molecule has 0 aromatic heterocycles. The van der Waals surface area contributed by atoms with Gasteiger partial charge in [-0.1, -0.05) is 37.3 Å². The summed E-state index contributed by atoms with van der Waals surface area (Å²) in [6, 6.07) is 15.2. The highest BCUT2D eigenvalue weighted by molar-refractivity contribution is 6.72. The monoisotopic (exact) mass is 539 g/mol. The number of nitrogens with one attached hydrogen (secondary N) is 2. The van der Waals surface area contributed by atoms with Crippen molar-refractivity contribution in [1.29, 1.82) is 0 Å². The van der Waals surface area contributed by atoms with Crippen LogP contribution in [0.2, 0.25) is 18.6 Å². The lowest BCUT2D eigenvalue weighted by Gasteiger charge is -2.31. The predicted molar refractivity (Wildman–Crippen MR) is 148 cm³/mol. The van der Waals surface area contributed by atoms with Gasteiger partial charge in [0.05, 0.1) is 24.3 Å². The molecule has 3 N–H and O–H groups in total. The second-order valence-corrected chi connectivity index (χ2v) is 15.2. The van der Waals surface area contributed by atoms with Gasteiger partial charge < -0.3 is 29.5 Å². The third-order valence-electron chi connectivity index (χ3n) is 8.51. The molecule has 5 atom stereocenters. The number of hydrogen-bond donors (Lipinski definition) is 3. The fraction of sp³-hybridized carbons (Fsp3) is 0.517. The Morgan fingerprint density at radius 2 is 1.97 bits per heavy atom. The molecule has 7 nitrogen and oxygen atoms in total. The topological polar surface area (TPSA) is 90.9 Å². The summed E-state index contributed by atoms with van der Waals surface area (Å²) < 4.78 is 22.1. The number of carbonyl (C=O) groups excluding carboxylic acids is 2. The fourth-order valence-electron chi connectivity index (χ4n) is 6.75. The van der Waals surface area contributed by atoms with Crippen molar-refractivity contribution in [2.75, 3.05) is 29.9 Å². The second-order valence-electron chi connectivity index (χ2n) is 11.4. The van der Waals surface area contributed by atoms with Crippen LogP contribution in [0.4, 0.5) is 15.5 Å². The van der Waals surface area contributed by atoms with Crippen molar-refractivity contribution in [3.63, 3.8) is 0 Å². The third kappa shape index (κ3) is 4.70. The van der Waals surface area contributed by atoms with Gasteiger partial charge in [0, 0.05) is 35.9 Å². The molecule has 2 aromatic rings. The SMILES string of the molecule is C[C@@H]1[C@@H]([Si](C)(C)F)[C@H](CCO)O[C@@]12C(=O)N(Cc1ccc(NC(=O)C3CCCNC3)cc1)c1ccccc12. The Balaban J connectivity index is 1.38. The molecular weight excluding hydrogens is 501 g/mol. The highest BCUT2D eigenvalue weighted by Crippen LogP contribution is 2.60. The maximum Gasteiger partial charge on any atom is 0.264 e. The Bertz CT molecular complexity index is 1180. The van der Waals surface area contributed by atoms with Crippen LogP contribution in [0.1, 0.15) is 37.3 Å². The van der Waals surface area contributed by atoms with Crippen LogP contribution in [0.15, 0.2) is 48.5 Å². The highest BCUT2D eigenvalue weighted by Gasteiger charge is 2.66. The first-order valence-corrected chi connectivity index (χ1v) is 16.6. The zero-order valence-electron chi connectivity index (χ0n) is 22.4. The Morgan fingerprint density at radius 1 is 1.24 bits per heavy atom. The minimum atomic E-state index is -3.21. The molecule has 2 aromatic carbocycles. The molecule has 1 unspecified atom stereocenters. The van der Waals surface area contributed by atoms with E-state index < -0.39 is 25.7 Å². The van der Waals surface area contributed by atoms with Crippen molar-refractivity contribution < 1.29 is 23.5 Å². The molecule has 1 spiro atoms. The van der Waals surface area contributed by atoms with E-state index in [4.69, 9.17) is 4.74 Å². The molecule has 2 amide bonds. The molecule has 38 heavy (non-hydrogen) atoms. The summed E-state index contributed by atoms with van der Waals surface area (Å²) in [6.07, 6.45) is 1.67. The van der Waals surface area contributed by atoms with Gasteiger partial charge in [-0.2, -0.15) is 0 Å². The van der Waals surface area contributed by atoms with E-state index in [0.29, 0.717) is 19.5 Å². The standard InChI is InChI=1S/C29H38FN3O4Si/c1-19-26(38(2,3)30)25(14-16-34)37-29(19)23-8-4-5-9-24(23)33(28(29)36)18-20-10-12-22(13-11-20)32-27(35)21-7-6-15-31-17-21/h4-5,8-13,19,21,25-26,31,34H,6-7,14-18H2,1-3H3,(H,32,35)/t19-,21?,25+,26-,29+/m1/s1. The lowest BCUT2D eigenvalue weighted by molar-refractivity contribution is -0.146. The summed E-state index contributed by atoms with van der Waals surface area (Å²) in [4.78, 5) is 28.5. The molecule has 2 saturated heterocycles. The van der Waals surface area contributed by atoms with E-state index in [1.807, 2.05) is 55.5 Å². The van der Waals surface area contributed by atoms with E-state index in [9.17, 15) is 14.7 Å². The molecule has 3 heterocycles. The average Bonchev–Trinajstić information content (AvgIpc) is 3.33. The van der Waals surface area contributed by atoms with Gasteiger partial charge in [0.1, 0.15) is 0 Å². The number of anilines is 2. The molecule has 204 valence electrons. The van der Waals surface area contributed by atoms with Gasteiger partial charge in [-0.05, 0) is 62.7 Å². The number of amides is 2. The molecule has 5 rings (SSSR count). The van der Waals surface area contributed by atoms with E-state index in [0.717, 1.165) is 41.9 Å². The quantitative estimate of drug-likeness (QED) is 0.360. The Labute approximate surface area is 224 Å². The highest BCUT2D eigenvalue weighted by atomic mass is 28.4. The van der Waals surface area contributed by atoms with Crippen molar-refractivity contribution in [2.45, 2.75) is 63.1 Å². The van der Waals surface area contributed by atoms with Gasteiger partial charge in [0.25, 0.3) is 5.91 Å². The smallest absolute Gasteiger partial charge is 0.264 e. The van der Waals surface area contributed by atoms with Crippen molar-refractivity contribution in [2.24, 2.45) is 11.8 Å². The Hall–Kier alpha value is -2.59. The van der Waals surface area contributed by atoms with Gasteiger partial charge in [0.15, 0.2) is 5.60 Å². The maximum absolute atomic E-state index is 15.6. The van der Waals surface area contributed by atoms with E-state index in [-0.39, 0.29) is 30.3 Å². The predicted octanol–water partition coefficient (Wildman–Crippen LogP) is 4.33. The first kappa shape index (κ1) is 27.0. The summed E-state index contributed by atoms with van der Waals surface area (Å²) in [5.41, 5.74) is 1.51. The number of fused-ring (bicyclic) bond motifs is 2. The lowest BCUT2D eigenvalue weighted by atomic mass is 9.82. The summed E-state index contributed by atoms with van der Waals surface area (Å²) >= 11 is 0. The van der Waals surface area contributed by atoms with Gasteiger partial charge >= 0.3 is 0 Å². The van der Waals surface area contributed by atoms with Crippen molar-refractivity contribution in [3.8, 4) is 0 Å². The van der Waals surface area contributed by atoms with Gasteiger partial charge in [-0.15, -0.1) is 0 Å². The van der Waals surface area contributed by atoms with Crippen LogP contribution in [-0.2, 0) is 26.5 Å². The summed E-state index contributed by atoms with van der Waals surface area (Å²) in [7, 11) is -3.21. The van der Waals surface area contributed by atoms with E-state index >= 15 is 4.11 Å². The van der Waals surface area contributed by atoms with Crippen LogP contribution in [0, 0.1) is 11.8 Å². The lowest BCUT2D eigenvalue weighted by Crippen LogP contribution is -2.45. The first-order chi connectivity index (χ1) is 18.2. The molecule has 9 heteroatoms. The van der Waals surface area contributed by atoms with Gasteiger partial charge in [-0.3, -0.25) is 9.59 Å². The molecule has 2 fully saturated rings. The van der Waals surface area contributed by atoms with E-state index in [1.165, 1.54) is 0 Å². The zero-order chi connectivity index (χ0) is 27.1.